The van der Waals surface area contributed by atoms with Gasteiger partial charge in [0.25, 0.3) is 0 Å². The van der Waals surface area contributed by atoms with Crippen molar-refractivity contribution in [3.63, 3.8) is 0 Å². The quantitative estimate of drug-likeness (QED) is 0.0129. The Bertz CT molecular complexity index is 3710. The third kappa shape index (κ3) is 31.0. The summed E-state index contributed by atoms with van der Waals surface area (Å²) in [5.74, 6) is -9.98. The van der Waals surface area contributed by atoms with E-state index in [1.165, 1.54) is 32.9 Å². The summed E-state index contributed by atoms with van der Waals surface area (Å²) >= 11 is 0. The van der Waals surface area contributed by atoms with Crippen LogP contribution in [0.3, 0.4) is 0 Å². The standard InChI is InChI=1S/C77H116N18O13/c1-11-13-21-35-76(9,82)73(107)87-49(8)66(100)91-61(42-51-31-33-53(96)34-32-51)71(105)93-62(41-50-25-16-15-17-26-50)72(106)95-77(10,36-22-14-12-2)74(108)94-60(40-47(5)6)70(104)89-57(29-20-23-37-78)68(102)92-59(39-46(3)4)69(103)86-48(7)65(99)85-45-63(97)88-56(30-24-38-83-75(80)81)67(101)90-58(64(79)98)43-52-44-84-55-28-19-18-27-54(52)55/h11-12,15-19,25-28,31-34,44,46-49,56-62,84,96H,1-2,13-14,20-24,29-30,35-43,45,78,82H2,3-10H3,(H2,79,98)(H,85,99)(H,86,103)(H,87,107)(H,88,97)(H,89,104)(H,90,101)(H,91,100)(H,92,102)(H,93,105)(H,94,108)(H,95,106)(H4,80,81,83)/t48-,49-,56-,57-,58-,59-,60-,61-,62-,76-,77-/m0/s1. The number of phenols is 1. The van der Waals surface area contributed by atoms with Crippen molar-refractivity contribution in [2.45, 2.75) is 224 Å². The molecule has 0 aliphatic carbocycles. The van der Waals surface area contributed by atoms with E-state index in [1.807, 2.05) is 38.1 Å². The van der Waals surface area contributed by atoms with Gasteiger partial charge in [0.2, 0.25) is 70.9 Å². The maximum absolute atomic E-state index is 15.1. The Morgan fingerprint density at radius 2 is 1.02 bits per heavy atom. The van der Waals surface area contributed by atoms with Gasteiger partial charge < -0.3 is 97.2 Å². The number of aromatic amines is 1. The van der Waals surface area contributed by atoms with Crippen LogP contribution in [0.15, 0.2) is 115 Å². The van der Waals surface area contributed by atoms with Gasteiger partial charge in [-0.25, -0.2) is 0 Å². The lowest BCUT2D eigenvalue weighted by Crippen LogP contribution is -2.64. The summed E-state index contributed by atoms with van der Waals surface area (Å²) in [5, 5.41) is 40.7. The van der Waals surface area contributed by atoms with E-state index in [1.54, 1.807) is 81.6 Å². The Kier molecular flexibility index (Phi) is 37.4. The predicted molar refractivity (Wildman–Crippen MR) is 414 cm³/mol. The van der Waals surface area contributed by atoms with Crippen LogP contribution in [0.5, 0.6) is 5.75 Å². The molecule has 23 N–H and O–H groups in total. The zero-order valence-electron chi connectivity index (χ0n) is 63.6. The minimum Gasteiger partial charge on any atom is -0.508 e. The number of rotatable bonds is 49. The number of amides is 12. The Morgan fingerprint density at radius 3 is 1.62 bits per heavy atom. The van der Waals surface area contributed by atoms with E-state index in [-0.39, 0.29) is 94.4 Å². The first-order valence-corrected chi connectivity index (χ1v) is 36.9. The maximum atomic E-state index is 15.1. The number of nitrogens with one attached hydrogen (secondary N) is 12. The molecule has 0 saturated carbocycles. The lowest BCUT2D eigenvalue weighted by atomic mass is 9.91. The third-order valence-electron chi connectivity index (χ3n) is 18.1. The van der Waals surface area contributed by atoms with E-state index in [0.29, 0.717) is 61.6 Å². The van der Waals surface area contributed by atoms with Crippen molar-refractivity contribution in [2.75, 3.05) is 19.6 Å². The largest absolute Gasteiger partial charge is 0.508 e. The number of unbranched alkanes of at least 4 members (excludes halogenated alkanes) is 3. The van der Waals surface area contributed by atoms with Crippen LogP contribution in [0.25, 0.3) is 10.9 Å². The number of aromatic hydroxyl groups is 1. The Balaban J connectivity index is 1.54. The number of carbonyl (C=O) groups excluding carboxylic acids is 12. The predicted octanol–water partition coefficient (Wildman–Crippen LogP) is 1.49. The highest BCUT2D eigenvalue weighted by Gasteiger charge is 2.41. The fourth-order valence-electron chi connectivity index (χ4n) is 11.8. The first kappa shape index (κ1) is 89.7. The molecule has 0 fully saturated rings. The van der Waals surface area contributed by atoms with Gasteiger partial charge >= 0.3 is 0 Å². The van der Waals surface area contributed by atoms with E-state index in [0.717, 1.165) is 10.9 Å². The minimum atomic E-state index is -1.79. The van der Waals surface area contributed by atoms with Crippen LogP contribution in [0.4, 0.5) is 0 Å². The van der Waals surface area contributed by atoms with Crippen LogP contribution >= 0.6 is 0 Å². The molecular weight excluding hydrogens is 1380 g/mol. The van der Waals surface area contributed by atoms with Crippen LogP contribution < -0.4 is 87.2 Å². The van der Waals surface area contributed by atoms with E-state index in [9.17, 15) is 53.1 Å². The average Bonchev–Trinajstić information content (AvgIpc) is 1.45. The first-order chi connectivity index (χ1) is 51.1. The molecule has 592 valence electrons. The highest BCUT2D eigenvalue weighted by Crippen LogP contribution is 2.22. The van der Waals surface area contributed by atoms with Gasteiger partial charge in [-0.3, -0.25) is 62.5 Å². The molecule has 31 heteroatoms. The molecule has 11 atom stereocenters. The lowest BCUT2D eigenvalue weighted by molar-refractivity contribution is -0.138. The van der Waals surface area contributed by atoms with Gasteiger partial charge in [-0.05, 0) is 164 Å². The van der Waals surface area contributed by atoms with E-state index < -0.39 is 143 Å². The number of hydrogen-bond donors (Lipinski definition) is 18. The summed E-state index contributed by atoms with van der Waals surface area (Å²) in [6.45, 7) is 20.3. The molecular formula is C77H116N18O13. The Morgan fingerprint density at radius 1 is 0.519 bits per heavy atom. The third-order valence-corrected chi connectivity index (χ3v) is 18.1. The number of hydrogen-bond acceptors (Lipinski definition) is 16. The average molecular weight is 1500 g/mol. The topological polar surface area (TPSA) is 516 Å². The van der Waals surface area contributed by atoms with Crippen LogP contribution in [-0.2, 0) is 76.8 Å². The van der Waals surface area contributed by atoms with Crippen LogP contribution in [-0.4, -0.2) is 172 Å². The molecule has 0 aliphatic rings. The molecule has 3 aromatic carbocycles. The number of aromatic nitrogens is 1. The molecule has 4 aromatic rings. The highest BCUT2D eigenvalue weighted by atomic mass is 16.3. The monoisotopic (exact) mass is 1500 g/mol. The molecule has 12 amide bonds. The van der Waals surface area contributed by atoms with E-state index >= 15 is 9.59 Å². The van der Waals surface area contributed by atoms with Crippen molar-refractivity contribution in [1.29, 1.82) is 0 Å². The van der Waals surface area contributed by atoms with Crippen LogP contribution in [0, 0.1) is 11.8 Å². The van der Waals surface area contributed by atoms with Gasteiger partial charge in [0.15, 0.2) is 5.96 Å². The molecule has 0 aliphatic heterocycles. The maximum Gasteiger partial charge on any atom is 0.246 e. The zero-order valence-corrected chi connectivity index (χ0v) is 63.6. The lowest BCUT2D eigenvalue weighted by Gasteiger charge is -2.34. The van der Waals surface area contributed by atoms with E-state index in [4.69, 9.17) is 28.7 Å². The smallest absolute Gasteiger partial charge is 0.246 e. The normalized spacial score (nSPS) is 14.8. The number of H-pyrrole nitrogens is 1. The summed E-state index contributed by atoms with van der Waals surface area (Å²) in [5.41, 5.74) is 28.5. The second-order valence-corrected chi connectivity index (χ2v) is 28.7. The number of guanidine groups is 1. The van der Waals surface area contributed by atoms with Crippen molar-refractivity contribution in [2.24, 2.45) is 45.5 Å². The number of carbonyl (C=O) groups is 12. The Labute approximate surface area is 632 Å². The van der Waals surface area contributed by atoms with Crippen LogP contribution in [0.1, 0.15) is 156 Å². The van der Waals surface area contributed by atoms with Crippen LogP contribution in [0.2, 0.25) is 0 Å². The number of para-hydroxylation sites is 1. The number of fused-ring (bicyclic) bond motifs is 1. The molecule has 1 heterocycles. The number of aliphatic imine (C=N–C) groups is 1. The number of phenolic OH excluding ortho intramolecular Hbond substituents is 1. The molecule has 1 aromatic heterocycles. The highest BCUT2D eigenvalue weighted by molar-refractivity contribution is 6.00. The molecule has 0 radical (unpaired) electrons. The number of primary amides is 1. The molecule has 4 rings (SSSR count). The van der Waals surface area contributed by atoms with Crippen molar-refractivity contribution in [1.82, 2.24) is 63.5 Å². The van der Waals surface area contributed by atoms with Gasteiger partial charge in [-0.1, -0.05) is 101 Å². The zero-order chi connectivity index (χ0) is 80.3. The van der Waals surface area contributed by atoms with Gasteiger partial charge in [-0.15, -0.1) is 13.2 Å². The summed E-state index contributed by atoms with van der Waals surface area (Å²) in [4.78, 5) is 176. The van der Waals surface area contributed by atoms with Crippen molar-refractivity contribution in [3.8, 4) is 5.75 Å². The van der Waals surface area contributed by atoms with Gasteiger partial charge in [-0.2, -0.15) is 0 Å². The second kappa shape index (κ2) is 45.1. The molecule has 108 heavy (non-hydrogen) atoms. The fourth-order valence-corrected chi connectivity index (χ4v) is 11.8. The summed E-state index contributed by atoms with van der Waals surface area (Å²) in [6.07, 6.45) is 8.16. The number of allylic oxidation sites excluding steroid dienone is 2. The summed E-state index contributed by atoms with van der Waals surface area (Å²) in [6, 6.07) is 10.4. The van der Waals surface area contributed by atoms with Gasteiger partial charge in [0, 0.05) is 42.9 Å². The molecule has 0 unspecified atom stereocenters. The van der Waals surface area contributed by atoms with E-state index in [2.05, 4.69) is 81.6 Å². The summed E-state index contributed by atoms with van der Waals surface area (Å²) in [7, 11) is 0. The molecule has 0 bridgehead atoms. The summed E-state index contributed by atoms with van der Waals surface area (Å²) < 4.78 is 0. The number of nitrogens with zero attached hydrogens (tertiary/aromatic N) is 1. The van der Waals surface area contributed by atoms with Crippen molar-refractivity contribution < 1.29 is 62.6 Å². The Hall–Kier alpha value is -10.7. The molecule has 0 saturated heterocycles. The fraction of sp³-hybridized carbons (Fsp3) is 0.519. The first-order valence-electron chi connectivity index (χ1n) is 36.9. The minimum absolute atomic E-state index is 0.00214. The molecule has 0 spiro atoms. The molecule has 31 nitrogen and oxygen atoms in total. The number of benzene rings is 3. The van der Waals surface area contributed by atoms with Gasteiger partial charge in [0.1, 0.15) is 65.7 Å². The number of nitrogens with two attached hydrogens (primary N) is 5. The van der Waals surface area contributed by atoms with Gasteiger partial charge in [0.05, 0.1) is 12.1 Å². The van der Waals surface area contributed by atoms with Crippen molar-refractivity contribution >= 4 is 87.7 Å². The second-order valence-electron chi connectivity index (χ2n) is 28.7. The van der Waals surface area contributed by atoms with Crippen molar-refractivity contribution in [3.05, 3.63) is 127 Å². The SMILES string of the molecule is C=CCCC[C@](C)(N)C(=O)N[C@@H](C)C(=O)N[C@@H](Cc1ccc(O)cc1)C(=O)N[C@@H](Cc1ccccc1)C(=O)N[C@@](C)(CCCC=C)C(=O)N[C@@H](CC(C)C)C(=O)N[C@@H](CCCCN)C(=O)N[C@@H](CC(C)C)C(=O)N[C@@H](C)C(=O)NCC(=O)N[C@@H](CCCN=C(N)N)C(=O)N[C@@H](Cc1c[nH]c2ccccc12)C(N)=O.